The van der Waals surface area contributed by atoms with Crippen LogP contribution in [0.4, 0.5) is 5.69 Å². The van der Waals surface area contributed by atoms with E-state index in [1.54, 1.807) is 19.2 Å². The topological polar surface area (TPSA) is 47.6 Å². The molecule has 0 aliphatic rings. The maximum Gasteiger partial charge on any atom is 0.262 e. The summed E-state index contributed by atoms with van der Waals surface area (Å²) in [5.41, 5.74) is 3.95. The summed E-state index contributed by atoms with van der Waals surface area (Å²) in [6, 6.07) is 11.3. The summed E-state index contributed by atoms with van der Waals surface area (Å²) in [5, 5.41) is 2.79. The second-order valence-corrected chi connectivity index (χ2v) is 5.24. The zero-order chi connectivity index (χ0) is 16.1. The number of carbonyl (C=O) groups is 1. The number of hydrogen-bond donors (Lipinski definition) is 1. The lowest BCUT2D eigenvalue weighted by Crippen LogP contribution is -2.20. The van der Waals surface area contributed by atoms with Gasteiger partial charge in [-0.2, -0.15) is 0 Å². The summed E-state index contributed by atoms with van der Waals surface area (Å²) in [4.78, 5) is 12.0. The second kappa shape index (κ2) is 6.98. The summed E-state index contributed by atoms with van der Waals surface area (Å²) in [6.07, 6.45) is 0. The van der Waals surface area contributed by atoms with Crippen molar-refractivity contribution < 1.29 is 14.3 Å². The molecule has 0 heterocycles. The third kappa shape index (κ3) is 3.79. The zero-order valence-corrected chi connectivity index (χ0v) is 13.4. The molecular formula is C18H21NO3. The third-order valence-corrected chi connectivity index (χ3v) is 3.50. The summed E-state index contributed by atoms with van der Waals surface area (Å²) in [6.45, 7) is 5.99. The van der Waals surface area contributed by atoms with Gasteiger partial charge in [0.15, 0.2) is 6.61 Å². The van der Waals surface area contributed by atoms with Crippen molar-refractivity contribution in [1.82, 2.24) is 0 Å². The van der Waals surface area contributed by atoms with Gasteiger partial charge in [0.05, 0.1) is 12.8 Å². The van der Waals surface area contributed by atoms with Crippen LogP contribution >= 0.6 is 0 Å². The number of hydrogen-bond acceptors (Lipinski definition) is 3. The lowest BCUT2D eigenvalue weighted by Gasteiger charge is -2.13. The first-order valence-electron chi connectivity index (χ1n) is 7.14. The molecule has 1 N–H and O–H groups in total. The van der Waals surface area contributed by atoms with Gasteiger partial charge in [0, 0.05) is 0 Å². The Bertz CT molecular complexity index is 680. The Kier molecular flexibility index (Phi) is 5.04. The van der Waals surface area contributed by atoms with E-state index in [-0.39, 0.29) is 12.5 Å². The molecule has 0 saturated carbocycles. The Labute approximate surface area is 131 Å². The predicted molar refractivity (Wildman–Crippen MR) is 87.8 cm³/mol. The number of carbonyl (C=O) groups excluding carboxylic acids is 1. The van der Waals surface area contributed by atoms with Gasteiger partial charge in [-0.05, 0) is 55.7 Å². The molecule has 4 nitrogen and oxygen atoms in total. The molecule has 0 bridgehead atoms. The van der Waals surface area contributed by atoms with Crippen LogP contribution in [0.1, 0.15) is 16.7 Å². The average molecular weight is 299 g/mol. The number of aryl methyl sites for hydroxylation is 2. The first-order chi connectivity index (χ1) is 10.5. The molecule has 0 aromatic heterocycles. The van der Waals surface area contributed by atoms with Crippen molar-refractivity contribution in [2.75, 3.05) is 19.0 Å². The lowest BCUT2D eigenvalue weighted by atomic mass is 10.1. The molecule has 2 rings (SSSR count). The van der Waals surface area contributed by atoms with E-state index >= 15 is 0 Å². The minimum atomic E-state index is -0.219. The van der Waals surface area contributed by atoms with E-state index in [0.29, 0.717) is 11.4 Å². The maximum absolute atomic E-state index is 12.0. The average Bonchev–Trinajstić information content (AvgIpc) is 2.50. The number of rotatable bonds is 5. The van der Waals surface area contributed by atoms with Crippen molar-refractivity contribution >= 4 is 11.6 Å². The first kappa shape index (κ1) is 15.9. The largest absolute Gasteiger partial charge is 0.495 e. The standard InChI is InChI=1S/C18H21NO3/c1-12-9-13(2)14(3)17(10-12)22-11-18(20)19-15-7-5-6-8-16(15)21-4/h5-10H,11H2,1-4H3,(H,19,20). The minimum Gasteiger partial charge on any atom is -0.495 e. The van der Waals surface area contributed by atoms with E-state index in [4.69, 9.17) is 9.47 Å². The molecule has 0 saturated heterocycles. The smallest absolute Gasteiger partial charge is 0.262 e. The van der Waals surface area contributed by atoms with Crippen LogP contribution < -0.4 is 14.8 Å². The molecule has 0 radical (unpaired) electrons. The number of benzene rings is 2. The number of ether oxygens (including phenoxy) is 2. The normalized spacial score (nSPS) is 10.2. The van der Waals surface area contributed by atoms with Crippen LogP contribution in [-0.4, -0.2) is 19.6 Å². The van der Waals surface area contributed by atoms with Crippen LogP contribution in [0.15, 0.2) is 36.4 Å². The molecule has 0 atom stereocenters. The van der Waals surface area contributed by atoms with Gasteiger partial charge in [-0.15, -0.1) is 0 Å². The van der Waals surface area contributed by atoms with E-state index in [0.717, 1.165) is 22.4 Å². The minimum absolute atomic E-state index is 0.0399. The highest BCUT2D eigenvalue weighted by Crippen LogP contribution is 2.24. The SMILES string of the molecule is COc1ccccc1NC(=O)COc1cc(C)cc(C)c1C. The number of amides is 1. The Morgan fingerprint density at radius 2 is 1.82 bits per heavy atom. The Morgan fingerprint density at radius 1 is 1.09 bits per heavy atom. The van der Waals surface area contributed by atoms with E-state index in [2.05, 4.69) is 11.4 Å². The van der Waals surface area contributed by atoms with Gasteiger partial charge in [-0.25, -0.2) is 0 Å². The van der Waals surface area contributed by atoms with Gasteiger partial charge in [0.25, 0.3) is 5.91 Å². The highest BCUT2D eigenvalue weighted by Gasteiger charge is 2.09. The quantitative estimate of drug-likeness (QED) is 0.917. The molecular weight excluding hydrogens is 278 g/mol. The highest BCUT2D eigenvalue weighted by molar-refractivity contribution is 5.93. The van der Waals surface area contributed by atoms with Crippen LogP contribution in [0.3, 0.4) is 0 Å². The number of nitrogens with one attached hydrogen (secondary N) is 1. The van der Waals surface area contributed by atoms with Crippen molar-refractivity contribution in [3.05, 3.63) is 53.1 Å². The number of anilines is 1. The summed E-state index contributed by atoms with van der Waals surface area (Å²) < 4.78 is 10.9. The molecule has 0 unspecified atom stereocenters. The van der Waals surface area contributed by atoms with Crippen molar-refractivity contribution in [2.24, 2.45) is 0 Å². The first-order valence-corrected chi connectivity index (χ1v) is 7.14. The second-order valence-electron chi connectivity index (χ2n) is 5.24. The van der Waals surface area contributed by atoms with Crippen molar-refractivity contribution in [1.29, 1.82) is 0 Å². The van der Waals surface area contributed by atoms with Gasteiger partial charge in [0.2, 0.25) is 0 Å². The van der Waals surface area contributed by atoms with Gasteiger partial charge >= 0.3 is 0 Å². The van der Waals surface area contributed by atoms with Gasteiger partial charge in [-0.1, -0.05) is 18.2 Å². The van der Waals surface area contributed by atoms with Crippen LogP contribution in [0.5, 0.6) is 11.5 Å². The molecule has 0 fully saturated rings. The van der Waals surface area contributed by atoms with Gasteiger partial charge < -0.3 is 14.8 Å². The number of methoxy groups -OCH3 is 1. The Morgan fingerprint density at radius 3 is 2.55 bits per heavy atom. The number of para-hydroxylation sites is 2. The molecule has 22 heavy (non-hydrogen) atoms. The van der Waals surface area contributed by atoms with E-state index in [1.807, 2.05) is 39.0 Å². The third-order valence-electron chi connectivity index (χ3n) is 3.50. The fourth-order valence-corrected chi connectivity index (χ4v) is 2.23. The van der Waals surface area contributed by atoms with Gasteiger partial charge in [-0.3, -0.25) is 4.79 Å². The maximum atomic E-state index is 12.0. The molecule has 2 aromatic carbocycles. The fourth-order valence-electron chi connectivity index (χ4n) is 2.23. The van der Waals surface area contributed by atoms with Crippen LogP contribution in [0.2, 0.25) is 0 Å². The molecule has 0 aliphatic carbocycles. The molecule has 0 spiro atoms. The van der Waals surface area contributed by atoms with Crippen LogP contribution in [0, 0.1) is 20.8 Å². The highest BCUT2D eigenvalue weighted by atomic mass is 16.5. The van der Waals surface area contributed by atoms with Crippen molar-refractivity contribution in [2.45, 2.75) is 20.8 Å². The molecule has 4 heteroatoms. The van der Waals surface area contributed by atoms with E-state index < -0.39 is 0 Å². The summed E-state index contributed by atoms with van der Waals surface area (Å²) >= 11 is 0. The summed E-state index contributed by atoms with van der Waals surface area (Å²) in [7, 11) is 1.57. The molecule has 0 aliphatic heterocycles. The van der Waals surface area contributed by atoms with Crippen LogP contribution in [0.25, 0.3) is 0 Å². The monoisotopic (exact) mass is 299 g/mol. The fraction of sp³-hybridized carbons (Fsp3) is 0.278. The van der Waals surface area contributed by atoms with Crippen LogP contribution in [-0.2, 0) is 4.79 Å². The molecule has 2 aromatic rings. The van der Waals surface area contributed by atoms with E-state index in [9.17, 15) is 4.79 Å². The van der Waals surface area contributed by atoms with Crippen molar-refractivity contribution in [3.8, 4) is 11.5 Å². The van der Waals surface area contributed by atoms with Crippen molar-refractivity contribution in [3.63, 3.8) is 0 Å². The van der Waals surface area contributed by atoms with Gasteiger partial charge in [0.1, 0.15) is 11.5 Å². The Balaban J connectivity index is 2.02. The zero-order valence-electron chi connectivity index (χ0n) is 13.4. The van der Waals surface area contributed by atoms with E-state index in [1.165, 1.54) is 0 Å². The predicted octanol–water partition coefficient (Wildman–Crippen LogP) is 3.64. The molecule has 116 valence electrons. The Hall–Kier alpha value is -2.49. The summed E-state index contributed by atoms with van der Waals surface area (Å²) in [5.74, 6) is 1.15. The lowest BCUT2D eigenvalue weighted by molar-refractivity contribution is -0.118. The molecule has 1 amide bonds.